The summed E-state index contributed by atoms with van der Waals surface area (Å²) in [5.41, 5.74) is 0. The molecule has 0 saturated carbocycles. The standard InChI is InChI=1S/C8H14O2.ClH/c1-3-4-5-6-7(2)8(9)10;/h3-4,7H,5-6H2,1-2H3,(H,9,10);1H/b4-3+;. The van der Waals surface area contributed by atoms with E-state index in [2.05, 4.69) is 0 Å². The van der Waals surface area contributed by atoms with Crippen LogP contribution >= 0.6 is 12.4 Å². The predicted molar refractivity (Wildman–Crippen MR) is 48.1 cm³/mol. The highest BCUT2D eigenvalue weighted by Gasteiger charge is 2.07. The van der Waals surface area contributed by atoms with Gasteiger partial charge < -0.3 is 5.11 Å². The molecule has 66 valence electrons. The first-order chi connectivity index (χ1) is 4.68. The molecule has 0 aromatic heterocycles. The van der Waals surface area contributed by atoms with Crippen LogP contribution in [-0.4, -0.2) is 11.1 Å². The fraction of sp³-hybridized carbons (Fsp3) is 0.625. The molecule has 0 saturated heterocycles. The van der Waals surface area contributed by atoms with Gasteiger partial charge in [0.25, 0.3) is 0 Å². The Hall–Kier alpha value is -0.500. The molecular formula is C8H15ClO2. The van der Waals surface area contributed by atoms with Gasteiger partial charge >= 0.3 is 5.97 Å². The normalized spacial score (nSPS) is 12.5. The second-order valence-corrected chi connectivity index (χ2v) is 2.39. The van der Waals surface area contributed by atoms with Gasteiger partial charge in [-0.25, -0.2) is 0 Å². The van der Waals surface area contributed by atoms with Gasteiger partial charge in [-0.2, -0.15) is 0 Å². The highest BCUT2D eigenvalue weighted by Crippen LogP contribution is 2.05. The van der Waals surface area contributed by atoms with Gasteiger partial charge in [0.2, 0.25) is 0 Å². The summed E-state index contributed by atoms with van der Waals surface area (Å²) >= 11 is 0. The Balaban J connectivity index is 0. The largest absolute Gasteiger partial charge is 0.481 e. The van der Waals surface area contributed by atoms with Crippen molar-refractivity contribution in [1.82, 2.24) is 0 Å². The minimum absolute atomic E-state index is 0. The highest BCUT2D eigenvalue weighted by atomic mass is 35.5. The van der Waals surface area contributed by atoms with Gasteiger partial charge in [0.05, 0.1) is 5.92 Å². The number of hydrogen-bond acceptors (Lipinski definition) is 1. The van der Waals surface area contributed by atoms with E-state index in [1.165, 1.54) is 0 Å². The van der Waals surface area contributed by atoms with Crippen molar-refractivity contribution in [3.63, 3.8) is 0 Å². The molecule has 0 aromatic carbocycles. The average Bonchev–Trinajstić information content (AvgIpc) is 1.88. The van der Waals surface area contributed by atoms with Crippen molar-refractivity contribution >= 4 is 18.4 Å². The summed E-state index contributed by atoms with van der Waals surface area (Å²) in [6.07, 6.45) is 5.53. The van der Waals surface area contributed by atoms with Crippen LogP contribution < -0.4 is 0 Å². The second-order valence-electron chi connectivity index (χ2n) is 2.39. The lowest BCUT2D eigenvalue weighted by Gasteiger charge is -2.01. The van der Waals surface area contributed by atoms with Gasteiger partial charge in [-0.05, 0) is 19.8 Å². The number of carboxylic acid groups (broad SMARTS) is 1. The lowest BCUT2D eigenvalue weighted by atomic mass is 10.1. The zero-order chi connectivity index (χ0) is 7.98. The molecule has 0 heterocycles. The summed E-state index contributed by atoms with van der Waals surface area (Å²) in [4.78, 5) is 10.3. The summed E-state index contributed by atoms with van der Waals surface area (Å²) in [6, 6.07) is 0. The smallest absolute Gasteiger partial charge is 0.306 e. The van der Waals surface area contributed by atoms with Crippen LogP contribution in [0, 0.1) is 5.92 Å². The average molecular weight is 179 g/mol. The molecule has 0 rings (SSSR count). The maximum atomic E-state index is 10.3. The molecule has 11 heavy (non-hydrogen) atoms. The quantitative estimate of drug-likeness (QED) is 0.672. The van der Waals surface area contributed by atoms with E-state index in [1.807, 2.05) is 19.1 Å². The van der Waals surface area contributed by atoms with E-state index >= 15 is 0 Å². The zero-order valence-corrected chi connectivity index (χ0v) is 7.73. The van der Waals surface area contributed by atoms with Gasteiger partial charge in [-0.3, -0.25) is 4.79 Å². The minimum atomic E-state index is -0.704. The Morgan fingerprint density at radius 3 is 2.55 bits per heavy atom. The second kappa shape index (κ2) is 7.61. The molecule has 2 nitrogen and oxygen atoms in total. The van der Waals surface area contributed by atoms with Gasteiger partial charge in [0.1, 0.15) is 0 Å². The SMILES string of the molecule is C/C=C/CCC(C)C(=O)O.Cl. The Kier molecular flexibility index (Phi) is 9.07. The predicted octanol–water partition coefficient (Wildman–Crippen LogP) is 2.49. The first-order valence-electron chi connectivity index (χ1n) is 3.52. The van der Waals surface area contributed by atoms with Crippen LogP contribution in [0.1, 0.15) is 26.7 Å². The number of rotatable bonds is 4. The van der Waals surface area contributed by atoms with Crippen LogP contribution in [-0.2, 0) is 4.79 Å². The fourth-order valence-electron chi connectivity index (χ4n) is 0.636. The first-order valence-corrected chi connectivity index (χ1v) is 3.52. The van der Waals surface area contributed by atoms with E-state index in [-0.39, 0.29) is 18.3 Å². The van der Waals surface area contributed by atoms with Crippen molar-refractivity contribution in [3.05, 3.63) is 12.2 Å². The number of allylic oxidation sites excluding steroid dienone is 2. The van der Waals surface area contributed by atoms with E-state index in [0.29, 0.717) is 0 Å². The van der Waals surface area contributed by atoms with Crippen LogP contribution in [0.2, 0.25) is 0 Å². The molecule has 0 amide bonds. The Bertz CT molecular complexity index is 132. The van der Waals surface area contributed by atoms with Crippen LogP contribution in [0.15, 0.2) is 12.2 Å². The van der Waals surface area contributed by atoms with E-state index in [4.69, 9.17) is 5.11 Å². The molecule has 1 atom stereocenters. The Labute approximate surface area is 73.7 Å². The number of hydrogen-bond donors (Lipinski definition) is 1. The van der Waals surface area contributed by atoms with Crippen molar-refractivity contribution in [2.75, 3.05) is 0 Å². The third kappa shape index (κ3) is 7.40. The maximum absolute atomic E-state index is 10.3. The number of aliphatic carboxylic acids is 1. The van der Waals surface area contributed by atoms with Crippen LogP contribution in [0.5, 0.6) is 0 Å². The lowest BCUT2D eigenvalue weighted by molar-refractivity contribution is -0.141. The molecule has 3 heteroatoms. The van der Waals surface area contributed by atoms with Crippen LogP contribution in [0.3, 0.4) is 0 Å². The van der Waals surface area contributed by atoms with Crippen LogP contribution in [0.25, 0.3) is 0 Å². The number of carboxylic acids is 1. The summed E-state index contributed by atoms with van der Waals surface area (Å²) < 4.78 is 0. The molecule has 0 aliphatic rings. The molecule has 0 spiro atoms. The summed E-state index contributed by atoms with van der Waals surface area (Å²) in [5, 5.41) is 8.46. The van der Waals surface area contributed by atoms with E-state index in [0.717, 1.165) is 12.8 Å². The van der Waals surface area contributed by atoms with Crippen molar-refractivity contribution in [1.29, 1.82) is 0 Å². The maximum Gasteiger partial charge on any atom is 0.306 e. The molecule has 0 fully saturated rings. The molecule has 0 radical (unpaired) electrons. The van der Waals surface area contributed by atoms with E-state index < -0.39 is 5.97 Å². The topological polar surface area (TPSA) is 37.3 Å². The highest BCUT2D eigenvalue weighted by molar-refractivity contribution is 5.85. The minimum Gasteiger partial charge on any atom is -0.481 e. The van der Waals surface area contributed by atoms with Crippen molar-refractivity contribution in [2.45, 2.75) is 26.7 Å². The molecule has 0 aliphatic heterocycles. The van der Waals surface area contributed by atoms with E-state index in [9.17, 15) is 4.79 Å². The molecular weight excluding hydrogens is 164 g/mol. The number of carbonyl (C=O) groups is 1. The Morgan fingerprint density at radius 1 is 1.64 bits per heavy atom. The monoisotopic (exact) mass is 178 g/mol. The van der Waals surface area contributed by atoms with Crippen molar-refractivity contribution < 1.29 is 9.90 Å². The summed E-state index contributed by atoms with van der Waals surface area (Å²) in [5.74, 6) is -0.916. The van der Waals surface area contributed by atoms with Gasteiger partial charge in [0, 0.05) is 0 Å². The molecule has 0 bridgehead atoms. The fourth-order valence-corrected chi connectivity index (χ4v) is 0.636. The molecule has 1 N–H and O–H groups in total. The Morgan fingerprint density at radius 2 is 2.18 bits per heavy atom. The van der Waals surface area contributed by atoms with Gasteiger partial charge in [-0.15, -0.1) is 12.4 Å². The summed E-state index contributed by atoms with van der Waals surface area (Å²) in [7, 11) is 0. The van der Waals surface area contributed by atoms with Crippen molar-refractivity contribution in [2.24, 2.45) is 5.92 Å². The molecule has 0 aliphatic carbocycles. The summed E-state index contributed by atoms with van der Waals surface area (Å²) in [6.45, 7) is 3.66. The number of halogens is 1. The van der Waals surface area contributed by atoms with Gasteiger partial charge in [0.15, 0.2) is 0 Å². The molecule has 0 aromatic rings. The molecule has 1 unspecified atom stereocenters. The zero-order valence-electron chi connectivity index (χ0n) is 6.91. The first kappa shape index (κ1) is 13.1. The van der Waals surface area contributed by atoms with Gasteiger partial charge in [-0.1, -0.05) is 19.1 Å². The lowest BCUT2D eigenvalue weighted by Crippen LogP contribution is -2.08. The van der Waals surface area contributed by atoms with Crippen molar-refractivity contribution in [3.8, 4) is 0 Å². The van der Waals surface area contributed by atoms with Crippen LogP contribution in [0.4, 0.5) is 0 Å². The third-order valence-corrected chi connectivity index (χ3v) is 1.42. The third-order valence-electron chi connectivity index (χ3n) is 1.42. The van der Waals surface area contributed by atoms with E-state index in [1.54, 1.807) is 6.92 Å².